The minimum atomic E-state index is -0.359. The van der Waals surface area contributed by atoms with E-state index in [1.807, 2.05) is 11.6 Å². The highest BCUT2D eigenvalue weighted by Gasteiger charge is 2.17. The molecule has 23 heavy (non-hydrogen) atoms. The van der Waals surface area contributed by atoms with E-state index in [4.69, 9.17) is 0 Å². The second-order valence-corrected chi connectivity index (χ2v) is 5.53. The Morgan fingerprint density at radius 3 is 2.65 bits per heavy atom. The number of aromatic nitrogens is 3. The Labute approximate surface area is 135 Å². The molecule has 0 atom stereocenters. The average Bonchev–Trinajstić information content (AvgIpc) is 2.92. The van der Waals surface area contributed by atoms with Gasteiger partial charge in [-0.1, -0.05) is 13.8 Å². The summed E-state index contributed by atoms with van der Waals surface area (Å²) in [6.45, 7) is 6.60. The third kappa shape index (κ3) is 4.15. The molecule has 0 aliphatic heterocycles. The zero-order valence-electron chi connectivity index (χ0n) is 13.8. The lowest BCUT2D eigenvalue weighted by Gasteiger charge is -2.15. The molecular formula is C17H23FN4O. The van der Waals surface area contributed by atoms with Crippen LogP contribution in [0.25, 0.3) is 0 Å². The first-order valence-corrected chi connectivity index (χ1v) is 7.99. The molecule has 1 N–H and O–H groups in total. The topological polar surface area (TPSA) is 59.8 Å². The Bertz CT molecular complexity index is 647. The zero-order valence-corrected chi connectivity index (χ0v) is 13.8. The average molecular weight is 318 g/mol. The number of hydrogen-bond donors (Lipinski definition) is 1. The van der Waals surface area contributed by atoms with Crippen LogP contribution in [0, 0.1) is 12.7 Å². The molecule has 0 aromatic carbocycles. The predicted octanol–water partition coefficient (Wildman–Crippen LogP) is 3.06. The van der Waals surface area contributed by atoms with Gasteiger partial charge < -0.3 is 5.32 Å². The Morgan fingerprint density at radius 2 is 2.04 bits per heavy atom. The third-order valence-corrected chi connectivity index (χ3v) is 4.03. The van der Waals surface area contributed by atoms with Crippen LogP contribution in [0.15, 0.2) is 24.5 Å². The second-order valence-electron chi connectivity index (χ2n) is 5.53. The molecule has 2 rings (SSSR count). The smallest absolute Gasteiger partial charge is 0.254 e. The summed E-state index contributed by atoms with van der Waals surface area (Å²) in [5.74, 6) is -0.496. The summed E-state index contributed by atoms with van der Waals surface area (Å²) in [5, 5.41) is 7.22. The quantitative estimate of drug-likeness (QED) is 0.853. The molecule has 2 heterocycles. The van der Waals surface area contributed by atoms with Crippen molar-refractivity contribution in [3.63, 3.8) is 0 Å². The standard InChI is InChI=1S/C17H23FN4O/c1-4-15(5-2)22-12(3)16(11-21-22)17(23)19-9-8-14-7-6-13(18)10-20-14/h6-7,10-11,15H,4-5,8-9H2,1-3H3,(H,19,23). The van der Waals surface area contributed by atoms with Crippen molar-refractivity contribution in [3.8, 4) is 0 Å². The SMILES string of the molecule is CCC(CC)n1ncc(C(=O)NCCc2ccc(F)cn2)c1C. The van der Waals surface area contributed by atoms with E-state index in [9.17, 15) is 9.18 Å². The third-order valence-electron chi connectivity index (χ3n) is 4.03. The molecule has 0 saturated carbocycles. The Kier molecular flexibility index (Phi) is 5.84. The van der Waals surface area contributed by atoms with Crippen LogP contribution in [0.4, 0.5) is 4.39 Å². The first kappa shape index (κ1) is 17.1. The number of nitrogens with zero attached hydrogens (tertiary/aromatic N) is 3. The number of carbonyl (C=O) groups excluding carboxylic acids is 1. The van der Waals surface area contributed by atoms with Gasteiger partial charge in [0.2, 0.25) is 0 Å². The Balaban J connectivity index is 1.94. The molecule has 0 aliphatic carbocycles. The molecule has 0 bridgehead atoms. The minimum Gasteiger partial charge on any atom is -0.352 e. The molecule has 6 heteroatoms. The van der Waals surface area contributed by atoms with E-state index in [-0.39, 0.29) is 11.7 Å². The highest BCUT2D eigenvalue weighted by atomic mass is 19.1. The van der Waals surface area contributed by atoms with Gasteiger partial charge in [0.05, 0.1) is 24.0 Å². The van der Waals surface area contributed by atoms with Gasteiger partial charge in [0.1, 0.15) is 5.82 Å². The molecule has 1 amide bonds. The van der Waals surface area contributed by atoms with Gasteiger partial charge in [-0.2, -0.15) is 5.10 Å². The fraction of sp³-hybridized carbons (Fsp3) is 0.471. The van der Waals surface area contributed by atoms with Gasteiger partial charge in [0, 0.05) is 24.4 Å². The normalized spacial score (nSPS) is 11.0. The van der Waals surface area contributed by atoms with Crippen LogP contribution in [0.5, 0.6) is 0 Å². The van der Waals surface area contributed by atoms with Crippen LogP contribution in [0.2, 0.25) is 0 Å². The lowest BCUT2D eigenvalue weighted by molar-refractivity contribution is 0.0953. The highest BCUT2D eigenvalue weighted by Crippen LogP contribution is 2.19. The van der Waals surface area contributed by atoms with Crippen LogP contribution in [0.1, 0.15) is 54.5 Å². The lowest BCUT2D eigenvalue weighted by atomic mass is 10.1. The Hall–Kier alpha value is -2.24. The molecular weight excluding hydrogens is 295 g/mol. The molecule has 0 saturated heterocycles. The van der Waals surface area contributed by atoms with Crippen molar-refractivity contribution in [1.82, 2.24) is 20.1 Å². The molecule has 0 radical (unpaired) electrons. The predicted molar refractivity (Wildman–Crippen MR) is 86.8 cm³/mol. The van der Waals surface area contributed by atoms with Crippen molar-refractivity contribution in [2.75, 3.05) is 6.54 Å². The zero-order chi connectivity index (χ0) is 16.8. The van der Waals surface area contributed by atoms with E-state index >= 15 is 0 Å². The van der Waals surface area contributed by atoms with Crippen LogP contribution in [-0.4, -0.2) is 27.2 Å². The molecule has 2 aromatic heterocycles. The maximum absolute atomic E-state index is 12.8. The van der Waals surface area contributed by atoms with Gasteiger partial charge in [0.15, 0.2) is 0 Å². The van der Waals surface area contributed by atoms with E-state index in [2.05, 4.69) is 29.2 Å². The van der Waals surface area contributed by atoms with Crippen molar-refractivity contribution in [2.45, 2.75) is 46.1 Å². The first-order chi connectivity index (χ1) is 11.1. The molecule has 2 aromatic rings. The summed E-state index contributed by atoms with van der Waals surface area (Å²) in [4.78, 5) is 16.2. The number of hydrogen-bond acceptors (Lipinski definition) is 3. The highest BCUT2D eigenvalue weighted by molar-refractivity contribution is 5.95. The van der Waals surface area contributed by atoms with Gasteiger partial charge in [-0.25, -0.2) is 4.39 Å². The molecule has 0 fully saturated rings. The summed E-state index contributed by atoms with van der Waals surface area (Å²) in [5.41, 5.74) is 2.23. The molecule has 0 aliphatic rings. The monoisotopic (exact) mass is 318 g/mol. The molecule has 0 spiro atoms. The number of amides is 1. The van der Waals surface area contributed by atoms with E-state index in [0.717, 1.165) is 24.2 Å². The van der Waals surface area contributed by atoms with Crippen molar-refractivity contribution < 1.29 is 9.18 Å². The van der Waals surface area contributed by atoms with Crippen LogP contribution in [-0.2, 0) is 6.42 Å². The van der Waals surface area contributed by atoms with Gasteiger partial charge >= 0.3 is 0 Å². The van der Waals surface area contributed by atoms with Crippen LogP contribution >= 0.6 is 0 Å². The van der Waals surface area contributed by atoms with Gasteiger partial charge in [0.25, 0.3) is 5.91 Å². The van der Waals surface area contributed by atoms with Gasteiger partial charge in [-0.05, 0) is 31.9 Å². The van der Waals surface area contributed by atoms with Crippen molar-refractivity contribution in [2.24, 2.45) is 0 Å². The van der Waals surface area contributed by atoms with Crippen LogP contribution < -0.4 is 5.32 Å². The summed E-state index contributed by atoms with van der Waals surface area (Å²) < 4.78 is 14.7. The van der Waals surface area contributed by atoms with E-state index < -0.39 is 0 Å². The first-order valence-electron chi connectivity index (χ1n) is 7.99. The van der Waals surface area contributed by atoms with E-state index in [0.29, 0.717) is 24.6 Å². The lowest BCUT2D eigenvalue weighted by Crippen LogP contribution is -2.26. The van der Waals surface area contributed by atoms with Crippen molar-refractivity contribution >= 4 is 5.91 Å². The Morgan fingerprint density at radius 1 is 1.30 bits per heavy atom. The van der Waals surface area contributed by atoms with Crippen molar-refractivity contribution in [3.05, 3.63) is 47.3 Å². The molecule has 124 valence electrons. The maximum Gasteiger partial charge on any atom is 0.254 e. The molecule has 5 nitrogen and oxygen atoms in total. The van der Waals surface area contributed by atoms with Gasteiger partial charge in [-0.3, -0.25) is 14.5 Å². The number of halogens is 1. The van der Waals surface area contributed by atoms with E-state index in [1.165, 1.54) is 12.3 Å². The minimum absolute atomic E-state index is 0.137. The summed E-state index contributed by atoms with van der Waals surface area (Å²) in [6, 6.07) is 3.31. The number of nitrogens with one attached hydrogen (secondary N) is 1. The maximum atomic E-state index is 12.8. The fourth-order valence-electron chi connectivity index (χ4n) is 2.60. The van der Waals surface area contributed by atoms with Crippen LogP contribution in [0.3, 0.4) is 0 Å². The summed E-state index contributed by atoms with van der Waals surface area (Å²) >= 11 is 0. The number of carbonyl (C=O) groups is 1. The molecule has 0 unspecified atom stereocenters. The summed E-state index contributed by atoms with van der Waals surface area (Å²) in [6.07, 6.45) is 5.33. The fourth-order valence-corrected chi connectivity index (χ4v) is 2.60. The largest absolute Gasteiger partial charge is 0.352 e. The van der Waals surface area contributed by atoms with Gasteiger partial charge in [-0.15, -0.1) is 0 Å². The summed E-state index contributed by atoms with van der Waals surface area (Å²) in [7, 11) is 0. The van der Waals surface area contributed by atoms with E-state index in [1.54, 1.807) is 12.3 Å². The number of rotatable bonds is 7. The van der Waals surface area contributed by atoms with Crippen molar-refractivity contribution in [1.29, 1.82) is 0 Å². The second kappa shape index (κ2) is 7.85. The number of pyridine rings is 1.